The van der Waals surface area contributed by atoms with Gasteiger partial charge in [0.25, 0.3) is 5.91 Å². The van der Waals surface area contributed by atoms with Crippen LogP contribution in [0.5, 0.6) is 5.75 Å². The van der Waals surface area contributed by atoms with E-state index < -0.39 is 24.2 Å². The predicted molar refractivity (Wildman–Crippen MR) is 216 cm³/mol. The van der Waals surface area contributed by atoms with Crippen molar-refractivity contribution >= 4 is 17.5 Å². The van der Waals surface area contributed by atoms with Crippen molar-refractivity contribution in [1.82, 2.24) is 20.6 Å². The monoisotopic (exact) mass is 755 g/mol. The van der Waals surface area contributed by atoms with E-state index in [1.165, 1.54) is 6.42 Å². The molecule has 55 heavy (non-hydrogen) atoms. The van der Waals surface area contributed by atoms with Crippen LogP contribution in [0.1, 0.15) is 68.1 Å². The van der Waals surface area contributed by atoms with Crippen molar-refractivity contribution in [2.45, 2.75) is 77.4 Å². The van der Waals surface area contributed by atoms with E-state index in [0.29, 0.717) is 35.6 Å². The minimum atomic E-state index is -0.903. The Morgan fingerprint density at radius 1 is 1.04 bits per heavy atom. The van der Waals surface area contributed by atoms with Gasteiger partial charge in [0.15, 0.2) is 0 Å². The van der Waals surface area contributed by atoms with Crippen LogP contribution in [0.4, 0.5) is 5.69 Å². The second-order valence-corrected chi connectivity index (χ2v) is 17.1. The molecule has 7 rings (SSSR count). The number of hydrogen-bond donors (Lipinski definition) is 4. The summed E-state index contributed by atoms with van der Waals surface area (Å²) in [4.78, 5) is 38.6. The van der Waals surface area contributed by atoms with Crippen molar-refractivity contribution in [3.05, 3.63) is 83.4 Å². The Bertz CT molecular complexity index is 1820. The third-order valence-corrected chi connectivity index (χ3v) is 12.8. The SMILES string of the molecule is COc1c(CN2O[C@@H](CO)[C@@H]([C@H](C)O)[C@H]2C(=O)N[C@H]2C[C@H]3C[C@@H]([C@@H]2C)C3(C)C)cccc1-c1cc(C(=O)N[C@H](CN(C)C)c2ccccc2)cc(N(C)C)c1. The molecule has 1 aliphatic heterocycles. The van der Waals surface area contributed by atoms with Crippen LogP contribution in [-0.4, -0.2) is 105 Å². The molecule has 3 aliphatic carbocycles. The number of carbonyl (C=O) groups is 2. The summed E-state index contributed by atoms with van der Waals surface area (Å²) in [5.41, 5.74) is 4.98. The van der Waals surface area contributed by atoms with Crippen LogP contribution in [0.25, 0.3) is 11.1 Å². The van der Waals surface area contributed by atoms with E-state index in [4.69, 9.17) is 9.57 Å². The molecule has 0 radical (unpaired) electrons. The third kappa shape index (κ3) is 8.27. The summed E-state index contributed by atoms with van der Waals surface area (Å²) in [6.07, 6.45) is 0.467. The van der Waals surface area contributed by atoms with Gasteiger partial charge in [-0.25, -0.2) is 0 Å². The number of fused-ring (bicyclic) bond motifs is 2. The maximum Gasteiger partial charge on any atom is 0.251 e. The van der Waals surface area contributed by atoms with Gasteiger partial charge >= 0.3 is 0 Å². The van der Waals surface area contributed by atoms with Gasteiger partial charge in [0, 0.05) is 55.0 Å². The number of anilines is 1. The van der Waals surface area contributed by atoms with Crippen molar-refractivity contribution in [2.24, 2.45) is 29.1 Å². The zero-order chi connectivity index (χ0) is 39.8. The Morgan fingerprint density at radius 2 is 1.76 bits per heavy atom. The highest BCUT2D eigenvalue weighted by molar-refractivity contribution is 5.97. The molecule has 3 saturated carbocycles. The van der Waals surface area contributed by atoms with Gasteiger partial charge < -0.3 is 35.4 Å². The van der Waals surface area contributed by atoms with E-state index in [1.807, 2.05) is 99.8 Å². The normalized spacial score (nSPS) is 26.9. The summed E-state index contributed by atoms with van der Waals surface area (Å²) < 4.78 is 6.10. The minimum absolute atomic E-state index is 0.0352. The van der Waals surface area contributed by atoms with Crippen molar-refractivity contribution in [3.63, 3.8) is 0 Å². The first-order valence-corrected chi connectivity index (χ1v) is 19.7. The van der Waals surface area contributed by atoms with Gasteiger partial charge in [0.05, 0.1) is 32.4 Å². The van der Waals surface area contributed by atoms with Crippen molar-refractivity contribution < 1.29 is 29.4 Å². The van der Waals surface area contributed by atoms with Crippen LogP contribution in [0.2, 0.25) is 0 Å². The molecule has 0 unspecified atom stereocenters. The molecule has 9 atom stereocenters. The maximum absolute atomic E-state index is 14.3. The number of para-hydroxylation sites is 1. The van der Waals surface area contributed by atoms with Gasteiger partial charge in [-0.05, 0) is 86.4 Å². The van der Waals surface area contributed by atoms with E-state index in [0.717, 1.165) is 34.4 Å². The second kappa shape index (κ2) is 16.6. The van der Waals surface area contributed by atoms with E-state index in [2.05, 4.69) is 36.3 Å². The molecule has 0 aromatic heterocycles. The molecular formula is C44H61N5O6. The van der Waals surface area contributed by atoms with Crippen molar-refractivity contribution in [3.8, 4) is 16.9 Å². The van der Waals surface area contributed by atoms with Crippen LogP contribution in [0, 0.1) is 29.1 Å². The largest absolute Gasteiger partial charge is 0.496 e. The Hall–Kier alpha value is -4.00. The molecule has 3 aromatic carbocycles. The van der Waals surface area contributed by atoms with Crippen LogP contribution >= 0.6 is 0 Å². The third-order valence-electron chi connectivity index (χ3n) is 12.8. The Balaban J connectivity index is 1.30. The van der Waals surface area contributed by atoms with E-state index in [1.54, 1.807) is 19.1 Å². The number of hydroxylamine groups is 2. The minimum Gasteiger partial charge on any atom is -0.496 e. The number of benzene rings is 3. The standard InChI is InChI=1S/C44H61N5O6/c1-26-35-21-32(44(35,3)4)22-36(26)45-43(53)40-39(27(2)51)38(25-50)55-49(40)23-29-16-13-17-34(41(29)54-9)30-18-31(20-33(19-30)48(7)8)42(52)46-37(24-47(5)6)28-14-11-10-12-15-28/h10-20,26-27,32,35-40,50-51H,21-25H2,1-9H3,(H,45,53)(H,46,52)/t26-,27-,32+,35-,36-,37+,38-,39+,40-/m0/s1. The first kappa shape index (κ1) is 40.7. The number of carbonyl (C=O) groups excluding carboxylic acids is 2. The number of methoxy groups -OCH3 is 1. The highest BCUT2D eigenvalue weighted by Gasteiger charge is 2.57. The fourth-order valence-electron chi connectivity index (χ4n) is 9.51. The predicted octanol–water partition coefficient (Wildman–Crippen LogP) is 5.12. The fourth-order valence-corrected chi connectivity index (χ4v) is 9.51. The lowest BCUT2D eigenvalue weighted by Crippen LogP contribution is -2.62. The van der Waals surface area contributed by atoms with Gasteiger partial charge in [-0.15, -0.1) is 0 Å². The molecule has 11 heteroatoms. The molecule has 11 nitrogen and oxygen atoms in total. The fraction of sp³-hybridized carbons (Fsp3) is 0.545. The molecule has 298 valence electrons. The molecule has 4 fully saturated rings. The molecule has 4 aliphatic rings. The van der Waals surface area contributed by atoms with Gasteiger partial charge in [0.1, 0.15) is 17.9 Å². The summed E-state index contributed by atoms with van der Waals surface area (Å²) >= 11 is 0. The Kier molecular flexibility index (Phi) is 12.3. The van der Waals surface area contributed by atoms with Gasteiger partial charge in [-0.1, -0.05) is 69.3 Å². The summed E-state index contributed by atoms with van der Waals surface area (Å²) in [5, 5.41) is 29.6. The number of nitrogens with zero attached hydrogens (tertiary/aromatic N) is 3. The molecule has 1 saturated heterocycles. The Labute approximate surface area is 326 Å². The summed E-state index contributed by atoms with van der Waals surface area (Å²) in [7, 11) is 9.47. The highest BCUT2D eigenvalue weighted by Crippen LogP contribution is 2.61. The van der Waals surface area contributed by atoms with Gasteiger partial charge in [-0.3, -0.25) is 14.4 Å². The number of aliphatic hydroxyl groups is 2. The van der Waals surface area contributed by atoms with Crippen molar-refractivity contribution in [2.75, 3.05) is 53.4 Å². The van der Waals surface area contributed by atoms with Crippen LogP contribution < -0.4 is 20.3 Å². The number of rotatable bonds is 14. The number of amides is 2. The topological polar surface area (TPSA) is 127 Å². The second-order valence-electron chi connectivity index (χ2n) is 17.1. The lowest BCUT2D eigenvalue weighted by Gasteiger charge is -2.62. The molecule has 3 aromatic rings. The number of ether oxygens (including phenoxy) is 1. The first-order valence-electron chi connectivity index (χ1n) is 19.7. The summed E-state index contributed by atoms with van der Waals surface area (Å²) in [6, 6.07) is 20.6. The quantitative estimate of drug-likeness (QED) is 0.178. The van der Waals surface area contributed by atoms with Crippen LogP contribution in [-0.2, 0) is 16.2 Å². The molecule has 4 N–H and O–H groups in total. The Morgan fingerprint density at radius 3 is 2.36 bits per heavy atom. The average Bonchev–Trinajstić information content (AvgIpc) is 3.53. The molecule has 1 heterocycles. The van der Waals surface area contributed by atoms with Crippen molar-refractivity contribution in [1.29, 1.82) is 0 Å². The zero-order valence-corrected chi connectivity index (χ0v) is 34.0. The molecule has 2 amide bonds. The van der Waals surface area contributed by atoms with Gasteiger partial charge in [-0.2, -0.15) is 5.06 Å². The first-order chi connectivity index (χ1) is 26.1. The lowest BCUT2D eigenvalue weighted by atomic mass is 9.45. The van der Waals surface area contributed by atoms with Crippen LogP contribution in [0.3, 0.4) is 0 Å². The zero-order valence-electron chi connectivity index (χ0n) is 34.0. The van der Waals surface area contributed by atoms with E-state index in [9.17, 15) is 19.8 Å². The average molecular weight is 756 g/mol. The molecule has 0 spiro atoms. The molecule has 2 bridgehead atoms. The van der Waals surface area contributed by atoms with Gasteiger partial charge in [0.2, 0.25) is 5.91 Å². The van der Waals surface area contributed by atoms with E-state index >= 15 is 0 Å². The highest BCUT2D eigenvalue weighted by atomic mass is 16.7. The summed E-state index contributed by atoms with van der Waals surface area (Å²) in [5.74, 6) is 0.990. The number of aliphatic hydroxyl groups excluding tert-OH is 2. The number of likely N-dealkylation sites (N-methyl/N-ethyl adjacent to an activating group) is 1. The lowest BCUT2D eigenvalue weighted by molar-refractivity contribution is -0.183. The smallest absolute Gasteiger partial charge is 0.251 e. The van der Waals surface area contributed by atoms with Crippen LogP contribution in [0.15, 0.2) is 66.7 Å². The number of hydrogen-bond acceptors (Lipinski definition) is 9. The molecular weight excluding hydrogens is 695 g/mol. The summed E-state index contributed by atoms with van der Waals surface area (Å²) in [6.45, 7) is 9.02. The number of nitrogens with one attached hydrogen (secondary N) is 2. The van der Waals surface area contributed by atoms with E-state index in [-0.39, 0.29) is 42.5 Å². The maximum atomic E-state index is 14.3.